The Morgan fingerprint density at radius 2 is 2.04 bits per heavy atom. The summed E-state index contributed by atoms with van der Waals surface area (Å²) in [6, 6.07) is 10.6. The number of imidazole rings is 1. The Morgan fingerprint density at radius 1 is 1.25 bits per heavy atom. The summed E-state index contributed by atoms with van der Waals surface area (Å²) in [5, 5.41) is 0.440. The monoisotopic (exact) mass is 348 g/mol. The van der Waals surface area contributed by atoms with E-state index in [4.69, 9.17) is 4.74 Å². The molecule has 0 aliphatic carbocycles. The van der Waals surface area contributed by atoms with E-state index in [9.17, 15) is 13.6 Å². The molecular formula is C17H14F2N2O2S. The molecule has 124 valence electrons. The maximum Gasteiger partial charge on any atom is 0.316 e. The van der Waals surface area contributed by atoms with Crippen molar-refractivity contribution in [1.82, 2.24) is 9.55 Å². The van der Waals surface area contributed by atoms with Gasteiger partial charge in [-0.15, -0.1) is 0 Å². The summed E-state index contributed by atoms with van der Waals surface area (Å²) in [6.45, 7) is 2.02. The predicted molar refractivity (Wildman–Crippen MR) is 88.3 cm³/mol. The summed E-state index contributed by atoms with van der Waals surface area (Å²) >= 11 is 1.15. The largest absolute Gasteiger partial charge is 0.465 e. The second-order valence-electron chi connectivity index (χ2n) is 4.91. The van der Waals surface area contributed by atoms with Gasteiger partial charge in [-0.1, -0.05) is 23.9 Å². The molecule has 2 aromatic carbocycles. The van der Waals surface area contributed by atoms with Crippen LogP contribution in [-0.4, -0.2) is 27.9 Å². The minimum atomic E-state index is -0.698. The smallest absolute Gasteiger partial charge is 0.316 e. The number of halogens is 2. The summed E-state index contributed by atoms with van der Waals surface area (Å²) < 4.78 is 33.9. The molecule has 3 aromatic rings. The standard InChI is InChI=1S/C17H14F2N2O2S/c1-2-23-16(22)10-24-17-20-13-5-3-4-6-15(13)21(17)14-8-7-11(18)9-12(14)19/h3-9H,2,10H2,1H3. The minimum Gasteiger partial charge on any atom is -0.465 e. The van der Waals surface area contributed by atoms with Crippen molar-refractivity contribution in [3.63, 3.8) is 0 Å². The van der Waals surface area contributed by atoms with Gasteiger partial charge in [0.05, 0.1) is 29.1 Å². The molecule has 0 bridgehead atoms. The zero-order valence-electron chi connectivity index (χ0n) is 12.8. The second kappa shape index (κ2) is 7.00. The van der Waals surface area contributed by atoms with E-state index in [1.807, 2.05) is 12.1 Å². The Hall–Kier alpha value is -2.41. The van der Waals surface area contributed by atoms with Crippen molar-refractivity contribution >= 4 is 28.8 Å². The van der Waals surface area contributed by atoms with E-state index in [1.54, 1.807) is 23.6 Å². The number of esters is 1. The Balaban J connectivity index is 2.07. The van der Waals surface area contributed by atoms with Crippen LogP contribution in [-0.2, 0) is 9.53 Å². The first-order chi connectivity index (χ1) is 11.6. The number of thioether (sulfide) groups is 1. The Kier molecular flexibility index (Phi) is 4.80. The van der Waals surface area contributed by atoms with Crippen LogP contribution >= 0.6 is 11.8 Å². The van der Waals surface area contributed by atoms with Gasteiger partial charge in [0.1, 0.15) is 11.6 Å². The van der Waals surface area contributed by atoms with Crippen molar-refractivity contribution in [2.75, 3.05) is 12.4 Å². The van der Waals surface area contributed by atoms with E-state index in [0.29, 0.717) is 22.8 Å². The van der Waals surface area contributed by atoms with E-state index in [1.165, 1.54) is 12.1 Å². The van der Waals surface area contributed by atoms with Crippen molar-refractivity contribution in [3.8, 4) is 5.69 Å². The van der Waals surface area contributed by atoms with Crippen LogP contribution in [0.4, 0.5) is 8.78 Å². The molecule has 0 saturated carbocycles. The molecule has 0 saturated heterocycles. The number of hydrogen-bond donors (Lipinski definition) is 0. The number of aromatic nitrogens is 2. The summed E-state index contributed by atoms with van der Waals surface area (Å²) in [6.07, 6.45) is 0. The van der Waals surface area contributed by atoms with E-state index in [-0.39, 0.29) is 17.4 Å². The number of fused-ring (bicyclic) bond motifs is 1. The minimum absolute atomic E-state index is 0.0555. The number of ether oxygens (including phenoxy) is 1. The second-order valence-corrected chi connectivity index (χ2v) is 5.85. The van der Waals surface area contributed by atoms with Gasteiger partial charge in [0, 0.05) is 6.07 Å². The highest BCUT2D eigenvalue weighted by atomic mass is 32.2. The van der Waals surface area contributed by atoms with Crippen LogP contribution in [0, 0.1) is 11.6 Å². The van der Waals surface area contributed by atoms with Crippen LogP contribution in [0.1, 0.15) is 6.92 Å². The maximum atomic E-state index is 14.3. The summed E-state index contributed by atoms with van der Waals surface area (Å²) in [4.78, 5) is 16.0. The first-order valence-electron chi connectivity index (χ1n) is 7.31. The Bertz CT molecular complexity index is 895. The van der Waals surface area contributed by atoms with Gasteiger partial charge < -0.3 is 4.74 Å². The van der Waals surface area contributed by atoms with Crippen LogP contribution in [0.5, 0.6) is 0 Å². The van der Waals surface area contributed by atoms with Gasteiger partial charge in [-0.25, -0.2) is 13.8 Å². The molecule has 0 unspecified atom stereocenters. The molecule has 0 aliphatic heterocycles. The average molecular weight is 348 g/mol. The van der Waals surface area contributed by atoms with E-state index < -0.39 is 11.6 Å². The van der Waals surface area contributed by atoms with Crippen molar-refractivity contribution in [1.29, 1.82) is 0 Å². The number of rotatable bonds is 5. The van der Waals surface area contributed by atoms with Crippen LogP contribution < -0.4 is 0 Å². The van der Waals surface area contributed by atoms with Crippen molar-refractivity contribution in [2.45, 2.75) is 12.1 Å². The van der Waals surface area contributed by atoms with E-state index >= 15 is 0 Å². The van der Waals surface area contributed by atoms with Gasteiger partial charge in [-0.05, 0) is 31.2 Å². The summed E-state index contributed by atoms with van der Waals surface area (Å²) in [5.74, 6) is -1.67. The zero-order valence-corrected chi connectivity index (χ0v) is 13.6. The lowest BCUT2D eigenvalue weighted by Gasteiger charge is -2.10. The molecule has 0 aliphatic rings. The number of benzene rings is 2. The van der Waals surface area contributed by atoms with Gasteiger partial charge in [-0.2, -0.15) is 0 Å². The molecule has 0 N–H and O–H groups in total. The molecule has 7 heteroatoms. The topological polar surface area (TPSA) is 44.1 Å². The highest BCUT2D eigenvalue weighted by Gasteiger charge is 2.17. The van der Waals surface area contributed by atoms with Gasteiger partial charge in [0.2, 0.25) is 0 Å². The number of hydrogen-bond acceptors (Lipinski definition) is 4. The molecule has 0 spiro atoms. The lowest BCUT2D eigenvalue weighted by molar-refractivity contribution is -0.139. The SMILES string of the molecule is CCOC(=O)CSc1nc2ccccc2n1-c1ccc(F)cc1F. The maximum absolute atomic E-state index is 14.3. The number of carbonyl (C=O) groups excluding carboxylic acids is 1. The lowest BCUT2D eigenvalue weighted by atomic mass is 10.2. The van der Waals surface area contributed by atoms with Crippen LogP contribution in [0.2, 0.25) is 0 Å². The Morgan fingerprint density at radius 3 is 2.79 bits per heavy atom. The van der Waals surface area contributed by atoms with Crippen LogP contribution in [0.25, 0.3) is 16.7 Å². The predicted octanol–water partition coefficient (Wildman–Crippen LogP) is 3.96. The van der Waals surface area contributed by atoms with Crippen molar-refractivity contribution < 1.29 is 18.3 Å². The fourth-order valence-corrected chi connectivity index (χ4v) is 3.14. The number of carbonyl (C=O) groups is 1. The fraction of sp³-hybridized carbons (Fsp3) is 0.176. The number of para-hydroxylation sites is 2. The van der Waals surface area contributed by atoms with Gasteiger partial charge in [0.15, 0.2) is 5.16 Å². The average Bonchev–Trinajstić information content (AvgIpc) is 2.92. The molecule has 0 amide bonds. The van der Waals surface area contributed by atoms with E-state index in [0.717, 1.165) is 17.8 Å². The van der Waals surface area contributed by atoms with Crippen molar-refractivity contribution in [3.05, 3.63) is 54.1 Å². The molecule has 24 heavy (non-hydrogen) atoms. The molecule has 0 radical (unpaired) electrons. The van der Waals surface area contributed by atoms with E-state index in [2.05, 4.69) is 4.98 Å². The van der Waals surface area contributed by atoms with Crippen LogP contribution in [0.15, 0.2) is 47.6 Å². The third-order valence-corrected chi connectivity index (χ3v) is 4.22. The lowest BCUT2D eigenvalue weighted by Crippen LogP contribution is -2.08. The molecule has 3 rings (SSSR count). The highest BCUT2D eigenvalue weighted by molar-refractivity contribution is 7.99. The summed E-state index contributed by atoms with van der Waals surface area (Å²) in [5.41, 5.74) is 1.51. The highest BCUT2D eigenvalue weighted by Crippen LogP contribution is 2.29. The van der Waals surface area contributed by atoms with Crippen LogP contribution in [0.3, 0.4) is 0 Å². The fourth-order valence-electron chi connectivity index (χ4n) is 2.32. The molecule has 4 nitrogen and oxygen atoms in total. The zero-order chi connectivity index (χ0) is 17.1. The van der Waals surface area contributed by atoms with Gasteiger partial charge in [0.25, 0.3) is 0 Å². The first-order valence-corrected chi connectivity index (χ1v) is 8.30. The van der Waals surface area contributed by atoms with Gasteiger partial charge in [-0.3, -0.25) is 9.36 Å². The molecular weight excluding hydrogens is 334 g/mol. The Labute approximate surface area is 141 Å². The van der Waals surface area contributed by atoms with Gasteiger partial charge >= 0.3 is 5.97 Å². The third kappa shape index (κ3) is 3.26. The third-order valence-electron chi connectivity index (χ3n) is 3.31. The summed E-state index contributed by atoms with van der Waals surface area (Å²) in [7, 11) is 0. The molecule has 1 heterocycles. The molecule has 0 atom stereocenters. The number of nitrogens with zero attached hydrogens (tertiary/aromatic N) is 2. The normalized spacial score (nSPS) is 11.0. The quantitative estimate of drug-likeness (QED) is 0.517. The molecule has 0 fully saturated rings. The molecule has 1 aromatic heterocycles. The first kappa shape index (κ1) is 16.4. The van der Waals surface area contributed by atoms with Crippen molar-refractivity contribution in [2.24, 2.45) is 0 Å².